The molecule has 1 atom stereocenters. The van der Waals surface area contributed by atoms with Crippen molar-refractivity contribution >= 4 is 15.9 Å². The van der Waals surface area contributed by atoms with E-state index in [0.29, 0.717) is 18.7 Å². The largest absolute Gasteiger partial charge is 0.497 e. The zero-order valence-corrected chi connectivity index (χ0v) is 15.6. The van der Waals surface area contributed by atoms with E-state index >= 15 is 0 Å². The number of nitrogens with zero attached hydrogens (tertiary/aromatic N) is 2. The van der Waals surface area contributed by atoms with Crippen LogP contribution in [-0.4, -0.2) is 43.7 Å². The normalized spacial score (nSPS) is 18.1. The molecule has 7 heteroatoms. The molecule has 1 aliphatic heterocycles. The van der Waals surface area contributed by atoms with Gasteiger partial charge in [-0.2, -0.15) is 4.31 Å². The standard InChI is InChI=1S/C19H22N2O4S/c1-3-18(22)20-13-14-21(26(23,24)17-7-5-4-6-8-17)19(20)15-9-11-16(25-2)12-10-15/h4-12,19H,3,13-14H2,1-2H3/t19-/m0/s1. The van der Waals surface area contributed by atoms with E-state index in [1.54, 1.807) is 73.5 Å². The summed E-state index contributed by atoms with van der Waals surface area (Å²) in [5.41, 5.74) is 0.740. The Bertz CT molecular complexity index is 866. The van der Waals surface area contributed by atoms with Crippen LogP contribution < -0.4 is 4.74 Å². The van der Waals surface area contributed by atoms with Gasteiger partial charge in [0.15, 0.2) is 0 Å². The van der Waals surface area contributed by atoms with Gasteiger partial charge in [0.05, 0.1) is 12.0 Å². The third kappa shape index (κ3) is 3.32. The number of hydrogen-bond donors (Lipinski definition) is 0. The molecule has 138 valence electrons. The molecule has 0 unspecified atom stereocenters. The number of carbonyl (C=O) groups excluding carboxylic acids is 1. The first-order valence-corrected chi connectivity index (χ1v) is 9.93. The lowest BCUT2D eigenvalue weighted by Crippen LogP contribution is -2.37. The summed E-state index contributed by atoms with van der Waals surface area (Å²) in [6.07, 6.45) is -0.329. The number of benzene rings is 2. The van der Waals surface area contributed by atoms with Gasteiger partial charge in [-0.05, 0) is 29.8 Å². The number of rotatable bonds is 5. The first-order chi connectivity index (χ1) is 12.5. The molecule has 1 aliphatic rings. The van der Waals surface area contributed by atoms with Gasteiger partial charge in [-0.3, -0.25) is 4.79 Å². The SMILES string of the molecule is CCC(=O)N1CCN(S(=O)(=O)c2ccccc2)[C@H]1c1ccc(OC)cc1. The van der Waals surface area contributed by atoms with Crippen LogP contribution in [0.3, 0.4) is 0 Å². The van der Waals surface area contributed by atoms with Gasteiger partial charge in [-0.25, -0.2) is 8.42 Å². The molecule has 0 aliphatic carbocycles. The van der Waals surface area contributed by atoms with Crippen LogP contribution in [0.4, 0.5) is 0 Å². The second-order valence-electron chi connectivity index (χ2n) is 6.02. The van der Waals surface area contributed by atoms with E-state index in [4.69, 9.17) is 4.74 Å². The molecular formula is C19H22N2O4S. The topological polar surface area (TPSA) is 66.9 Å². The number of carbonyl (C=O) groups is 1. The Balaban J connectivity index is 2.04. The molecule has 0 aromatic heterocycles. The predicted molar refractivity (Wildman–Crippen MR) is 98.1 cm³/mol. The van der Waals surface area contributed by atoms with Crippen molar-refractivity contribution in [2.75, 3.05) is 20.2 Å². The molecule has 2 aromatic rings. The molecule has 3 rings (SSSR count). The summed E-state index contributed by atoms with van der Waals surface area (Å²) in [6, 6.07) is 15.5. The van der Waals surface area contributed by atoms with Gasteiger partial charge >= 0.3 is 0 Å². The molecule has 0 spiro atoms. The average molecular weight is 374 g/mol. The molecule has 26 heavy (non-hydrogen) atoms. The molecule has 1 amide bonds. The van der Waals surface area contributed by atoms with Crippen molar-refractivity contribution in [1.29, 1.82) is 0 Å². The van der Waals surface area contributed by atoms with Crippen molar-refractivity contribution in [3.63, 3.8) is 0 Å². The highest BCUT2D eigenvalue weighted by molar-refractivity contribution is 7.89. The van der Waals surface area contributed by atoms with Gasteiger partial charge < -0.3 is 9.64 Å². The van der Waals surface area contributed by atoms with Crippen LogP contribution in [0.2, 0.25) is 0 Å². The fourth-order valence-corrected chi connectivity index (χ4v) is 4.76. The minimum atomic E-state index is -3.72. The third-order valence-corrected chi connectivity index (χ3v) is 6.38. The quantitative estimate of drug-likeness (QED) is 0.807. The molecule has 2 aromatic carbocycles. The van der Waals surface area contributed by atoms with Gasteiger partial charge in [-0.1, -0.05) is 37.3 Å². The van der Waals surface area contributed by atoms with E-state index in [1.807, 2.05) is 0 Å². The van der Waals surface area contributed by atoms with E-state index in [9.17, 15) is 13.2 Å². The van der Waals surface area contributed by atoms with E-state index in [0.717, 1.165) is 5.56 Å². The minimum Gasteiger partial charge on any atom is -0.497 e. The van der Waals surface area contributed by atoms with E-state index < -0.39 is 16.2 Å². The Morgan fingerprint density at radius 2 is 1.73 bits per heavy atom. The molecule has 1 fully saturated rings. The van der Waals surface area contributed by atoms with Crippen molar-refractivity contribution in [3.05, 3.63) is 60.2 Å². The molecule has 0 radical (unpaired) electrons. The van der Waals surface area contributed by atoms with Crippen LogP contribution in [0.1, 0.15) is 25.1 Å². The maximum atomic E-state index is 13.2. The van der Waals surface area contributed by atoms with Gasteiger partial charge in [0.25, 0.3) is 0 Å². The summed E-state index contributed by atoms with van der Waals surface area (Å²) in [5, 5.41) is 0. The van der Waals surface area contributed by atoms with E-state index in [-0.39, 0.29) is 17.3 Å². The Hall–Kier alpha value is -2.38. The average Bonchev–Trinajstić information content (AvgIpc) is 3.14. The Morgan fingerprint density at radius 3 is 2.31 bits per heavy atom. The summed E-state index contributed by atoms with van der Waals surface area (Å²) in [7, 11) is -2.15. The fraction of sp³-hybridized carbons (Fsp3) is 0.316. The predicted octanol–water partition coefficient (Wildman–Crippen LogP) is 2.64. The van der Waals surface area contributed by atoms with E-state index in [2.05, 4.69) is 0 Å². The van der Waals surface area contributed by atoms with Crippen LogP contribution >= 0.6 is 0 Å². The van der Waals surface area contributed by atoms with Crippen molar-refractivity contribution in [2.45, 2.75) is 24.4 Å². The molecule has 1 saturated heterocycles. The number of amides is 1. The number of ether oxygens (including phenoxy) is 1. The summed E-state index contributed by atoms with van der Waals surface area (Å²) in [6.45, 7) is 2.41. The van der Waals surface area contributed by atoms with Crippen molar-refractivity contribution in [2.24, 2.45) is 0 Å². The summed E-state index contributed by atoms with van der Waals surface area (Å²) < 4.78 is 32.9. The Morgan fingerprint density at radius 1 is 1.08 bits per heavy atom. The molecule has 6 nitrogen and oxygen atoms in total. The van der Waals surface area contributed by atoms with Gasteiger partial charge in [-0.15, -0.1) is 0 Å². The smallest absolute Gasteiger partial charge is 0.245 e. The van der Waals surface area contributed by atoms with Gasteiger partial charge in [0.1, 0.15) is 11.9 Å². The highest BCUT2D eigenvalue weighted by Crippen LogP contribution is 2.35. The molecule has 0 bridgehead atoms. The van der Waals surface area contributed by atoms with Crippen LogP contribution in [0.15, 0.2) is 59.5 Å². The van der Waals surface area contributed by atoms with Crippen LogP contribution in [-0.2, 0) is 14.8 Å². The number of sulfonamides is 1. The van der Waals surface area contributed by atoms with Crippen LogP contribution in [0.5, 0.6) is 5.75 Å². The van der Waals surface area contributed by atoms with Crippen molar-refractivity contribution in [3.8, 4) is 5.75 Å². The van der Waals surface area contributed by atoms with Gasteiger partial charge in [0, 0.05) is 19.5 Å². The Kier molecular flexibility index (Phi) is 5.29. The lowest BCUT2D eigenvalue weighted by Gasteiger charge is -2.30. The molecule has 0 N–H and O–H groups in total. The number of methoxy groups -OCH3 is 1. The Labute approximate surface area is 154 Å². The first kappa shape index (κ1) is 18.4. The van der Waals surface area contributed by atoms with E-state index in [1.165, 1.54) is 4.31 Å². The lowest BCUT2D eigenvalue weighted by molar-refractivity contribution is -0.132. The zero-order valence-electron chi connectivity index (χ0n) is 14.8. The summed E-state index contributed by atoms with van der Waals surface area (Å²) >= 11 is 0. The minimum absolute atomic E-state index is 0.0726. The summed E-state index contributed by atoms with van der Waals surface area (Å²) in [5.74, 6) is 0.606. The lowest BCUT2D eigenvalue weighted by atomic mass is 10.1. The fourth-order valence-electron chi connectivity index (χ4n) is 3.17. The first-order valence-electron chi connectivity index (χ1n) is 8.49. The number of hydrogen-bond acceptors (Lipinski definition) is 4. The van der Waals surface area contributed by atoms with Crippen LogP contribution in [0, 0.1) is 0 Å². The molecule has 0 saturated carbocycles. The molecular weight excluding hydrogens is 352 g/mol. The van der Waals surface area contributed by atoms with Crippen molar-refractivity contribution < 1.29 is 17.9 Å². The monoisotopic (exact) mass is 374 g/mol. The van der Waals surface area contributed by atoms with Gasteiger partial charge in [0.2, 0.25) is 15.9 Å². The summed E-state index contributed by atoms with van der Waals surface area (Å²) in [4.78, 5) is 14.3. The molecule has 1 heterocycles. The third-order valence-electron chi connectivity index (χ3n) is 4.52. The maximum absolute atomic E-state index is 13.2. The highest BCUT2D eigenvalue weighted by atomic mass is 32.2. The second-order valence-corrected chi connectivity index (χ2v) is 7.91. The second kappa shape index (κ2) is 7.47. The van der Waals surface area contributed by atoms with Crippen LogP contribution in [0.25, 0.3) is 0 Å². The maximum Gasteiger partial charge on any atom is 0.245 e. The van der Waals surface area contributed by atoms with Crippen molar-refractivity contribution in [1.82, 2.24) is 9.21 Å². The highest BCUT2D eigenvalue weighted by Gasteiger charge is 2.42. The zero-order chi connectivity index (χ0) is 18.7.